The number of nitrogens with one attached hydrogen (secondary N) is 5. The van der Waals surface area contributed by atoms with Crippen molar-refractivity contribution in [1.29, 1.82) is 16.2 Å². The van der Waals surface area contributed by atoms with Gasteiger partial charge in [-0.2, -0.15) is 0 Å². The predicted octanol–water partition coefficient (Wildman–Crippen LogP) is 3.86. The highest BCUT2D eigenvalue weighted by molar-refractivity contribution is 6.46. The second kappa shape index (κ2) is 10.3. The summed E-state index contributed by atoms with van der Waals surface area (Å²) in [7, 11) is 0. The normalized spacial score (nSPS) is 19.5. The minimum atomic E-state index is -0.552. The Morgan fingerprint density at radius 1 is 1.26 bits per heavy atom. The molecule has 2 heterocycles. The summed E-state index contributed by atoms with van der Waals surface area (Å²) in [5, 5.41) is 31.5. The summed E-state index contributed by atoms with van der Waals surface area (Å²) in [6.07, 6.45) is 3.27. The SMILES string of the molecule is C/C(=N\C(=N)C1CCNCC1)C(=N)/C=C1\C(=N)NCCN1Cc1c(Cl)ccc(F)c1Cl. The van der Waals surface area contributed by atoms with E-state index in [-0.39, 0.29) is 34.9 Å². The van der Waals surface area contributed by atoms with Crippen molar-refractivity contribution in [2.24, 2.45) is 10.9 Å². The zero-order chi connectivity index (χ0) is 22.5. The first-order valence-corrected chi connectivity index (χ1v) is 10.9. The molecule has 5 N–H and O–H groups in total. The van der Waals surface area contributed by atoms with Crippen LogP contribution in [0.4, 0.5) is 4.39 Å². The first-order chi connectivity index (χ1) is 14.8. The van der Waals surface area contributed by atoms with E-state index >= 15 is 0 Å². The molecular weight excluding hydrogens is 440 g/mol. The first-order valence-electron chi connectivity index (χ1n) is 10.1. The number of aliphatic imine (C=N–C) groups is 1. The third kappa shape index (κ3) is 5.70. The summed E-state index contributed by atoms with van der Waals surface area (Å²) >= 11 is 12.4. The molecule has 0 aromatic heterocycles. The third-order valence-corrected chi connectivity index (χ3v) is 6.22. The second-order valence-electron chi connectivity index (χ2n) is 7.60. The van der Waals surface area contributed by atoms with Crippen LogP contribution in [0.15, 0.2) is 28.9 Å². The van der Waals surface area contributed by atoms with E-state index in [0.717, 1.165) is 25.9 Å². The maximum Gasteiger partial charge on any atom is 0.142 e. The molecule has 0 unspecified atom stereocenters. The Morgan fingerprint density at radius 2 is 1.97 bits per heavy atom. The molecule has 10 heteroatoms. The van der Waals surface area contributed by atoms with Crippen molar-refractivity contribution in [3.63, 3.8) is 0 Å². The highest BCUT2D eigenvalue weighted by atomic mass is 35.5. The van der Waals surface area contributed by atoms with Crippen LogP contribution in [0.25, 0.3) is 0 Å². The van der Waals surface area contributed by atoms with E-state index in [9.17, 15) is 4.39 Å². The Kier molecular flexibility index (Phi) is 7.80. The van der Waals surface area contributed by atoms with Crippen LogP contribution < -0.4 is 10.6 Å². The molecule has 2 aliphatic heterocycles. The number of halogens is 3. The Balaban J connectivity index is 1.81. The van der Waals surface area contributed by atoms with E-state index in [1.54, 1.807) is 13.0 Å². The molecule has 0 atom stereocenters. The highest BCUT2D eigenvalue weighted by Crippen LogP contribution is 2.29. The number of piperazine rings is 1. The van der Waals surface area contributed by atoms with E-state index in [1.807, 2.05) is 4.90 Å². The Hall–Kier alpha value is -2.29. The van der Waals surface area contributed by atoms with Gasteiger partial charge in [-0.15, -0.1) is 0 Å². The maximum absolute atomic E-state index is 13.9. The summed E-state index contributed by atoms with van der Waals surface area (Å²) in [5.74, 6) is -0.0148. The van der Waals surface area contributed by atoms with E-state index in [1.165, 1.54) is 12.1 Å². The monoisotopic (exact) mass is 465 g/mol. The number of hydrogen-bond donors (Lipinski definition) is 5. The number of nitrogens with zero attached hydrogens (tertiary/aromatic N) is 2. The van der Waals surface area contributed by atoms with E-state index < -0.39 is 5.82 Å². The van der Waals surface area contributed by atoms with Crippen LogP contribution in [-0.4, -0.2) is 54.2 Å². The molecule has 2 aliphatic rings. The minimum absolute atomic E-state index is 0.0415. The maximum atomic E-state index is 13.9. The first kappa shape index (κ1) is 23.4. The smallest absolute Gasteiger partial charge is 0.142 e. The molecular formula is C21H26Cl2FN7. The van der Waals surface area contributed by atoms with Gasteiger partial charge in [-0.1, -0.05) is 23.2 Å². The molecule has 0 saturated carbocycles. The molecule has 0 amide bonds. The Labute approximate surface area is 191 Å². The molecule has 0 bridgehead atoms. The molecule has 2 saturated heterocycles. The third-order valence-electron chi connectivity index (χ3n) is 5.45. The fourth-order valence-corrected chi connectivity index (χ4v) is 4.08. The molecule has 166 valence electrons. The van der Waals surface area contributed by atoms with Crippen molar-refractivity contribution in [2.75, 3.05) is 26.2 Å². The fourth-order valence-electron chi connectivity index (χ4n) is 3.59. The minimum Gasteiger partial charge on any atom is -0.367 e. The van der Waals surface area contributed by atoms with Gasteiger partial charge in [-0.25, -0.2) is 9.38 Å². The summed E-state index contributed by atoms with van der Waals surface area (Å²) < 4.78 is 13.9. The average Bonchev–Trinajstić information content (AvgIpc) is 2.76. The molecule has 0 radical (unpaired) electrons. The molecule has 3 rings (SSSR count). The number of rotatable bonds is 5. The van der Waals surface area contributed by atoms with Gasteiger partial charge in [0.2, 0.25) is 0 Å². The molecule has 0 spiro atoms. The molecule has 2 fully saturated rings. The largest absolute Gasteiger partial charge is 0.367 e. The number of amidine groups is 2. The van der Waals surface area contributed by atoms with Crippen molar-refractivity contribution in [2.45, 2.75) is 26.3 Å². The highest BCUT2D eigenvalue weighted by Gasteiger charge is 2.24. The number of piperidine rings is 1. The van der Waals surface area contributed by atoms with Gasteiger partial charge in [0.15, 0.2) is 0 Å². The van der Waals surface area contributed by atoms with Crippen LogP contribution in [0.3, 0.4) is 0 Å². The van der Waals surface area contributed by atoms with Crippen LogP contribution in [0.1, 0.15) is 25.3 Å². The summed E-state index contributed by atoms with van der Waals surface area (Å²) in [6.45, 7) is 4.70. The topological polar surface area (TPSA) is 111 Å². The van der Waals surface area contributed by atoms with Crippen molar-refractivity contribution in [3.05, 3.63) is 45.3 Å². The second-order valence-corrected chi connectivity index (χ2v) is 8.38. The Morgan fingerprint density at radius 3 is 2.68 bits per heavy atom. The zero-order valence-corrected chi connectivity index (χ0v) is 18.8. The summed E-state index contributed by atoms with van der Waals surface area (Å²) in [4.78, 5) is 6.18. The Bertz CT molecular complexity index is 951. The van der Waals surface area contributed by atoms with Gasteiger partial charge < -0.3 is 15.5 Å². The number of benzene rings is 1. The van der Waals surface area contributed by atoms with Crippen LogP contribution in [-0.2, 0) is 6.54 Å². The van der Waals surface area contributed by atoms with Gasteiger partial charge in [0, 0.05) is 36.1 Å². The van der Waals surface area contributed by atoms with Crippen LogP contribution in [0, 0.1) is 28.0 Å². The molecule has 7 nitrogen and oxygen atoms in total. The molecule has 1 aromatic rings. The van der Waals surface area contributed by atoms with E-state index in [2.05, 4.69) is 15.6 Å². The molecule has 1 aromatic carbocycles. The standard InChI is InChI=1S/C21H26Cl2FN7/c1-12(30-20(26)13-4-6-28-7-5-13)17(25)10-18-21(27)29-8-9-31(18)11-14-15(22)2-3-16(24)19(14)23/h2-3,10,13,25-26,28H,4-9,11H2,1H3,(H2,27,29)/b18-10+,25-17?,26-20?,30-12+. The van der Waals surface area contributed by atoms with Gasteiger partial charge in [-0.3, -0.25) is 16.2 Å². The number of hydrogen-bond acceptors (Lipinski definition) is 5. The van der Waals surface area contributed by atoms with Gasteiger partial charge >= 0.3 is 0 Å². The fraction of sp³-hybridized carbons (Fsp3) is 0.429. The summed E-state index contributed by atoms with van der Waals surface area (Å²) in [5.41, 5.74) is 1.43. The lowest BCUT2D eigenvalue weighted by Gasteiger charge is -2.33. The lowest BCUT2D eigenvalue weighted by molar-refractivity contribution is 0.339. The van der Waals surface area contributed by atoms with Crippen LogP contribution >= 0.6 is 23.2 Å². The predicted molar refractivity (Wildman–Crippen MR) is 125 cm³/mol. The molecule has 31 heavy (non-hydrogen) atoms. The van der Waals surface area contributed by atoms with Crippen molar-refractivity contribution < 1.29 is 4.39 Å². The van der Waals surface area contributed by atoms with E-state index in [0.29, 0.717) is 35.1 Å². The van der Waals surface area contributed by atoms with Crippen molar-refractivity contribution in [3.8, 4) is 0 Å². The average molecular weight is 466 g/mol. The summed E-state index contributed by atoms with van der Waals surface area (Å²) in [6, 6.07) is 2.68. The van der Waals surface area contributed by atoms with Crippen molar-refractivity contribution >= 4 is 46.3 Å². The molecule has 0 aliphatic carbocycles. The van der Waals surface area contributed by atoms with Gasteiger partial charge in [0.25, 0.3) is 0 Å². The lowest BCUT2D eigenvalue weighted by atomic mass is 9.97. The van der Waals surface area contributed by atoms with Crippen molar-refractivity contribution in [1.82, 2.24) is 15.5 Å². The van der Waals surface area contributed by atoms with Gasteiger partial charge in [-0.05, 0) is 51.1 Å². The lowest BCUT2D eigenvalue weighted by Crippen LogP contribution is -2.45. The van der Waals surface area contributed by atoms with Gasteiger partial charge in [0.1, 0.15) is 17.5 Å². The number of allylic oxidation sites excluding steroid dienone is 1. The van der Waals surface area contributed by atoms with Crippen LogP contribution in [0.2, 0.25) is 10.0 Å². The van der Waals surface area contributed by atoms with E-state index in [4.69, 9.17) is 39.4 Å². The van der Waals surface area contributed by atoms with Crippen LogP contribution in [0.5, 0.6) is 0 Å². The van der Waals surface area contributed by atoms with Gasteiger partial charge in [0.05, 0.1) is 22.1 Å². The quantitative estimate of drug-likeness (QED) is 0.258. The zero-order valence-electron chi connectivity index (χ0n) is 17.3.